The first-order valence-electron chi connectivity index (χ1n) is 7.77. The van der Waals surface area contributed by atoms with Gasteiger partial charge in [-0.15, -0.1) is 0 Å². The molecule has 1 fully saturated rings. The first kappa shape index (κ1) is 18.1. The summed E-state index contributed by atoms with van der Waals surface area (Å²) in [4.78, 5) is 0.405. The molecule has 23 heavy (non-hydrogen) atoms. The maximum atomic E-state index is 6.14. The first-order chi connectivity index (χ1) is 10.7. The van der Waals surface area contributed by atoms with Gasteiger partial charge in [-0.2, -0.15) is 0 Å². The van der Waals surface area contributed by atoms with Crippen LogP contribution in [0.2, 0.25) is 0 Å². The zero-order valence-corrected chi connectivity index (χ0v) is 15.3. The largest absolute Gasteiger partial charge is 0.491 e. The number of nitrogens with two attached hydrogens (primary N) is 1. The van der Waals surface area contributed by atoms with Gasteiger partial charge < -0.3 is 20.4 Å². The number of likely N-dealkylation sites (N-methyl/N-ethyl adjacent to an activating group) is 1. The van der Waals surface area contributed by atoms with E-state index in [2.05, 4.69) is 39.1 Å². The van der Waals surface area contributed by atoms with Gasteiger partial charge >= 0.3 is 7.12 Å². The fraction of sp³-hybridized carbons (Fsp3) is 0.471. The Morgan fingerprint density at radius 1 is 1.17 bits per heavy atom. The van der Waals surface area contributed by atoms with Crippen LogP contribution >= 0.6 is 12.2 Å². The van der Waals surface area contributed by atoms with Crippen LogP contribution in [0.25, 0.3) is 6.08 Å². The van der Waals surface area contributed by atoms with Crippen LogP contribution in [0, 0.1) is 0 Å². The fourth-order valence-electron chi connectivity index (χ4n) is 2.36. The highest BCUT2D eigenvalue weighted by molar-refractivity contribution is 7.80. The van der Waals surface area contributed by atoms with Crippen molar-refractivity contribution in [2.45, 2.75) is 38.9 Å². The van der Waals surface area contributed by atoms with Crippen molar-refractivity contribution in [3.8, 4) is 0 Å². The van der Waals surface area contributed by atoms with E-state index in [1.54, 1.807) is 0 Å². The minimum absolute atomic E-state index is 0.347. The second-order valence-corrected chi connectivity index (χ2v) is 7.26. The molecule has 0 aliphatic carbocycles. The van der Waals surface area contributed by atoms with Gasteiger partial charge in [0.25, 0.3) is 0 Å². The SMILES string of the molecule is CNCC(=Cc1ccc(C(N)=S)cc1)B1OC(C)(C)C(C)(C)O1. The minimum atomic E-state index is -0.359. The lowest BCUT2D eigenvalue weighted by atomic mass is 9.77. The molecule has 0 saturated carbocycles. The summed E-state index contributed by atoms with van der Waals surface area (Å²) in [6.45, 7) is 8.91. The fourth-order valence-corrected chi connectivity index (χ4v) is 2.49. The van der Waals surface area contributed by atoms with Gasteiger partial charge in [-0.3, -0.25) is 0 Å². The summed E-state index contributed by atoms with van der Waals surface area (Å²) in [7, 11) is 1.55. The molecule has 0 spiro atoms. The van der Waals surface area contributed by atoms with Crippen molar-refractivity contribution in [2.24, 2.45) is 5.73 Å². The van der Waals surface area contributed by atoms with Gasteiger partial charge in [0, 0.05) is 12.1 Å². The lowest BCUT2D eigenvalue weighted by Gasteiger charge is -2.32. The topological polar surface area (TPSA) is 56.5 Å². The molecule has 1 aromatic carbocycles. The van der Waals surface area contributed by atoms with Gasteiger partial charge in [-0.1, -0.05) is 42.6 Å². The number of hydrogen-bond acceptors (Lipinski definition) is 4. The molecule has 1 heterocycles. The third kappa shape index (κ3) is 4.01. The van der Waals surface area contributed by atoms with Crippen molar-refractivity contribution in [2.75, 3.05) is 13.6 Å². The average molecular weight is 332 g/mol. The quantitative estimate of drug-likeness (QED) is 0.641. The lowest BCUT2D eigenvalue weighted by Crippen LogP contribution is -2.41. The predicted octanol–water partition coefficient (Wildman–Crippen LogP) is 2.56. The van der Waals surface area contributed by atoms with Gasteiger partial charge in [-0.25, -0.2) is 0 Å². The van der Waals surface area contributed by atoms with E-state index in [0.29, 0.717) is 11.5 Å². The van der Waals surface area contributed by atoms with Crippen LogP contribution < -0.4 is 11.1 Å². The molecule has 0 amide bonds. The maximum Gasteiger partial charge on any atom is 0.491 e. The van der Waals surface area contributed by atoms with Crippen molar-refractivity contribution in [1.82, 2.24) is 5.32 Å². The zero-order valence-electron chi connectivity index (χ0n) is 14.5. The molecule has 0 aromatic heterocycles. The van der Waals surface area contributed by atoms with Crippen LogP contribution in [0.15, 0.2) is 29.7 Å². The maximum absolute atomic E-state index is 6.14. The Morgan fingerprint density at radius 2 is 1.70 bits per heavy atom. The zero-order chi connectivity index (χ0) is 17.3. The molecule has 0 atom stereocenters. The third-order valence-corrected chi connectivity index (χ3v) is 4.72. The summed E-state index contributed by atoms with van der Waals surface area (Å²) in [5.41, 5.74) is 7.92. The smallest absolute Gasteiger partial charge is 0.400 e. The Kier molecular flexibility index (Phi) is 5.31. The summed E-state index contributed by atoms with van der Waals surface area (Å²) in [5.74, 6) is 0. The van der Waals surface area contributed by atoms with Gasteiger partial charge in [0.05, 0.1) is 11.2 Å². The van der Waals surface area contributed by atoms with Crippen molar-refractivity contribution < 1.29 is 9.31 Å². The molecule has 4 nitrogen and oxygen atoms in total. The molecule has 2 rings (SSSR count). The number of hydrogen-bond donors (Lipinski definition) is 2. The molecule has 6 heteroatoms. The molecule has 1 aromatic rings. The van der Waals surface area contributed by atoms with E-state index in [-0.39, 0.29) is 18.3 Å². The second kappa shape index (κ2) is 6.73. The average Bonchev–Trinajstić information content (AvgIpc) is 2.67. The van der Waals surface area contributed by atoms with Gasteiger partial charge in [0.1, 0.15) is 4.99 Å². The summed E-state index contributed by atoms with van der Waals surface area (Å²) < 4.78 is 12.3. The van der Waals surface area contributed by atoms with E-state index >= 15 is 0 Å². The van der Waals surface area contributed by atoms with E-state index in [4.69, 9.17) is 27.3 Å². The molecule has 1 aliphatic heterocycles. The molecule has 124 valence electrons. The highest BCUT2D eigenvalue weighted by Gasteiger charge is 2.52. The monoisotopic (exact) mass is 332 g/mol. The molecule has 0 bridgehead atoms. The lowest BCUT2D eigenvalue weighted by molar-refractivity contribution is 0.00578. The molecule has 0 unspecified atom stereocenters. The van der Waals surface area contributed by atoms with Crippen LogP contribution in [0.1, 0.15) is 38.8 Å². The molecular weight excluding hydrogens is 307 g/mol. The third-order valence-electron chi connectivity index (χ3n) is 4.48. The van der Waals surface area contributed by atoms with Crippen molar-refractivity contribution >= 4 is 30.4 Å². The second-order valence-electron chi connectivity index (χ2n) is 6.82. The molecule has 1 saturated heterocycles. The summed E-state index contributed by atoms with van der Waals surface area (Å²) in [6.07, 6.45) is 2.09. The van der Waals surface area contributed by atoms with Crippen LogP contribution in [0.5, 0.6) is 0 Å². The first-order valence-corrected chi connectivity index (χ1v) is 8.18. The van der Waals surface area contributed by atoms with Gasteiger partial charge in [-0.05, 0) is 45.8 Å². The van der Waals surface area contributed by atoms with Crippen molar-refractivity contribution in [1.29, 1.82) is 0 Å². The van der Waals surface area contributed by atoms with Gasteiger partial charge in [0.2, 0.25) is 0 Å². The van der Waals surface area contributed by atoms with Crippen molar-refractivity contribution in [3.63, 3.8) is 0 Å². The molecule has 1 aliphatic rings. The van der Waals surface area contributed by atoms with E-state index in [9.17, 15) is 0 Å². The number of nitrogens with one attached hydrogen (secondary N) is 1. The molecule has 0 radical (unpaired) electrons. The van der Waals surface area contributed by atoms with E-state index < -0.39 is 0 Å². The van der Waals surface area contributed by atoms with Crippen LogP contribution in [-0.2, 0) is 9.31 Å². The van der Waals surface area contributed by atoms with E-state index in [1.807, 2.05) is 31.3 Å². The number of thiocarbonyl (C=S) groups is 1. The van der Waals surface area contributed by atoms with Crippen LogP contribution in [0.3, 0.4) is 0 Å². The van der Waals surface area contributed by atoms with Gasteiger partial charge in [0.15, 0.2) is 0 Å². The summed E-state index contributed by atoms with van der Waals surface area (Å²) in [5, 5.41) is 3.18. The molecule has 3 N–H and O–H groups in total. The standard InChI is InChI=1S/C17H25BN2O2S/c1-16(2)17(3,4)22-18(21-16)14(11-20-5)10-12-6-8-13(9-7-12)15(19)23/h6-10,20H,11H2,1-5H3,(H2,19,23). The van der Waals surface area contributed by atoms with Crippen LogP contribution in [-0.4, -0.2) is 36.9 Å². The highest BCUT2D eigenvalue weighted by Crippen LogP contribution is 2.38. The predicted molar refractivity (Wildman–Crippen MR) is 100 cm³/mol. The minimum Gasteiger partial charge on any atom is -0.400 e. The summed E-state index contributed by atoms with van der Waals surface area (Å²) in [6, 6.07) is 7.84. The van der Waals surface area contributed by atoms with E-state index in [0.717, 1.165) is 16.6 Å². The Morgan fingerprint density at radius 3 is 2.13 bits per heavy atom. The van der Waals surface area contributed by atoms with Crippen LogP contribution in [0.4, 0.5) is 0 Å². The number of rotatable bonds is 5. The molecular formula is C17H25BN2O2S. The number of benzene rings is 1. The Hall–Kier alpha value is -1.21. The highest BCUT2D eigenvalue weighted by atomic mass is 32.1. The normalized spacial score (nSPS) is 19.9. The Bertz CT molecular complexity index is 596. The van der Waals surface area contributed by atoms with Crippen molar-refractivity contribution in [3.05, 3.63) is 40.9 Å². The Balaban J connectivity index is 2.26. The summed E-state index contributed by atoms with van der Waals surface area (Å²) >= 11 is 4.98. The Labute approximate surface area is 144 Å². The van der Waals surface area contributed by atoms with E-state index in [1.165, 1.54) is 0 Å².